The Morgan fingerprint density at radius 3 is 2.28 bits per heavy atom. The molecule has 6 heterocycles. The Hall–Kier alpha value is -7.05. The highest BCUT2D eigenvalue weighted by Crippen LogP contribution is 2.56. The summed E-state index contributed by atoms with van der Waals surface area (Å²) in [6.07, 6.45) is 0.652. The van der Waals surface area contributed by atoms with Gasteiger partial charge >= 0.3 is 0 Å². The number of rotatable bonds is 4. The van der Waals surface area contributed by atoms with E-state index >= 15 is 0 Å². The molecule has 2 unspecified atom stereocenters. The molecule has 2 saturated heterocycles. The summed E-state index contributed by atoms with van der Waals surface area (Å²) in [6, 6.07) is 34.4. The van der Waals surface area contributed by atoms with E-state index < -0.39 is 23.2 Å². The molecule has 2 amide bonds. The first-order valence-electron chi connectivity index (χ1n) is 19.1. The van der Waals surface area contributed by atoms with Crippen molar-refractivity contribution in [2.75, 3.05) is 4.90 Å². The van der Waals surface area contributed by atoms with Crippen LogP contribution >= 0.6 is 0 Å². The Morgan fingerprint density at radius 2 is 1.50 bits per heavy atom. The lowest BCUT2D eigenvalue weighted by molar-refractivity contribution is -0.123. The zero-order valence-corrected chi connectivity index (χ0v) is 31.3. The second-order valence-corrected chi connectivity index (χ2v) is 15.5. The molecule has 5 aromatic carbocycles. The van der Waals surface area contributed by atoms with Gasteiger partial charge in [0.05, 0.1) is 45.4 Å². The quantitative estimate of drug-likeness (QED) is 0.162. The molecule has 0 radical (unpaired) electrons. The number of halogens is 1. The van der Waals surface area contributed by atoms with Crippen LogP contribution in [0.5, 0.6) is 5.88 Å². The van der Waals surface area contributed by atoms with Crippen LogP contribution in [-0.4, -0.2) is 49.0 Å². The Labute approximate surface area is 330 Å². The summed E-state index contributed by atoms with van der Waals surface area (Å²) in [4.78, 5) is 68.0. The maximum atomic E-state index is 14.3. The first-order chi connectivity index (χ1) is 28.1. The summed E-state index contributed by atoms with van der Waals surface area (Å²) in [5, 5.41) is 15.1. The van der Waals surface area contributed by atoms with Gasteiger partial charge in [-0.3, -0.25) is 29.1 Å². The number of benzene rings is 5. The number of aromatic hydroxyl groups is 1. The van der Waals surface area contributed by atoms with E-state index in [1.807, 2.05) is 66.7 Å². The smallest absolute Gasteiger partial charge is 0.266 e. The lowest BCUT2D eigenvalue weighted by atomic mass is 9.75. The third-order valence-corrected chi connectivity index (χ3v) is 11.7. The Balaban J connectivity index is 0.000000171. The topological polar surface area (TPSA) is 150 Å². The van der Waals surface area contributed by atoms with Crippen molar-refractivity contribution in [3.63, 3.8) is 0 Å². The van der Waals surface area contributed by atoms with Gasteiger partial charge in [-0.2, -0.15) is 0 Å². The standard InChI is InChI=1S/C30H25FN4O3.C16H10N2O2/c1-16(2)15-22-24-25(28(38)34(27(24)37)18-13-11-17(31)12-14-18)30(33-22)20-8-4-6-10-23(20)35-26(36)19-7-3-5-9-21(19)32-29(30)35;19-15-10-6-2-4-8-12(10)17-14(15)13-9-5-1-3-7-11(9)18-16(13)20/h3-14,16,22,24-25,33H,15H2,1-2H3;1-8,18,20H/t22?,24-,25+,30?;/m0./s1. The van der Waals surface area contributed by atoms with Crippen LogP contribution in [-0.2, 0) is 15.1 Å². The fourth-order valence-electron chi connectivity index (χ4n) is 9.37. The van der Waals surface area contributed by atoms with E-state index in [0.29, 0.717) is 57.0 Å². The average molecular weight is 771 g/mol. The molecule has 7 aromatic rings. The molecule has 0 aliphatic carbocycles. The molecule has 0 saturated carbocycles. The summed E-state index contributed by atoms with van der Waals surface area (Å²) in [7, 11) is 0. The molecule has 2 fully saturated rings. The van der Waals surface area contributed by atoms with Crippen molar-refractivity contribution in [3.8, 4) is 11.6 Å². The molecule has 2 aromatic heterocycles. The number of aromatic amines is 1. The molecule has 1 spiro atoms. The number of aliphatic imine (C=N–C) groups is 1. The van der Waals surface area contributed by atoms with Gasteiger partial charge in [0.1, 0.15) is 22.9 Å². The van der Waals surface area contributed by atoms with Crippen LogP contribution in [0.2, 0.25) is 0 Å². The summed E-state index contributed by atoms with van der Waals surface area (Å²) in [5.41, 5.74) is 3.67. The predicted octanol–water partition coefficient (Wildman–Crippen LogP) is 7.10. The minimum atomic E-state index is -1.18. The zero-order valence-electron chi connectivity index (χ0n) is 31.3. The SMILES string of the molecule is CC(C)CC1NC2(c3ccccc3-n3c2nc2ccccc2c3=O)[C@H]2C(=O)N(c3ccc(F)cc3)C(=O)[C@@H]12.O=C1C(c2c(O)[nH]c3ccccc23)=Nc2ccccc21. The van der Waals surface area contributed by atoms with Gasteiger partial charge in [-0.25, -0.2) is 19.3 Å². The van der Waals surface area contributed by atoms with Crippen LogP contribution in [0.4, 0.5) is 15.8 Å². The van der Waals surface area contributed by atoms with E-state index in [0.717, 1.165) is 16.5 Å². The number of anilines is 1. The van der Waals surface area contributed by atoms with Gasteiger partial charge in [0.15, 0.2) is 5.88 Å². The fraction of sp³-hybridized carbons (Fsp3) is 0.174. The summed E-state index contributed by atoms with van der Waals surface area (Å²) in [5.74, 6) is -2.15. The van der Waals surface area contributed by atoms with E-state index in [4.69, 9.17) is 4.98 Å². The van der Waals surface area contributed by atoms with Gasteiger partial charge in [0.2, 0.25) is 17.6 Å². The second-order valence-electron chi connectivity index (χ2n) is 15.5. The van der Waals surface area contributed by atoms with Crippen molar-refractivity contribution in [2.24, 2.45) is 22.7 Å². The van der Waals surface area contributed by atoms with E-state index in [2.05, 4.69) is 29.1 Å². The van der Waals surface area contributed by atoms with Crippen molar-refractivity contribution in [1.82, 2.24) is 19.9 Å². The number of nitrogens with one attached hydrogen (secondary N) is 2. The lowest BCUT2D eigenvalue weighted by Crippen LogP contribution is -2.50. The van der Waals surface area contributed by atoms with Gasteiger partial charge in [0, 0.05) is 28.1 Å². The number of Topliss-reactive ketones (excluding diaryl/α,β-unsaturated/α-hetero) is 1. The largest absolute Gasteiger partial charge is 0.494 e. The predicted molar refractivity (Wildman–Crippen MR) is 217 cm³/mol. The number of carbonyl (C=O) groups excluding carboxylic acids is 3. The van der Waals surface area contributed by atoms with E-state index in [1.165, 1.54) is 29.2 Å². The fourth-order valence-corrected chi connectivity index (χ4v) is 9.37. The van der Waals surface area contributed by atoms with Crippen molar-refractivity contribution in [2.45, 2.75) is 31.8 Å². The van der Waals surface area contributed by atoms with E-state index in [9.17, 15) is 28.7 Å². The maximum Gasteiger partial charge on any atom is 0.266 e. The summed E-state index contributed by atoms with van der Waals surface area (Å²) in [6.45, 7) is 4.15. The number of hydrogen-bond donors (Lipinski definition) is 3. The molecule has 3 N–H and O–H groups in total. The molecule has 4 aliphatic heterocycles. The van der Waals surface area contributed by atoms with Crippen LogP contribution in [0.1, 0.15) is 47.6 Å². The summed E-state index contributed by atoms with van der Waals surface area (Å²) >= 11 is 0. The number of ketones is 1. The van der Waals surface area contributed by atoms with Gasteiger partial charge in [-0.05, 0) is 73.0 Å². The first kappa shape index (κ1) is 35.4. The second kappa shape index (κ2) is 13.0. The minimum absolute atomic E-state index is 0.0221. The van der Waals surface area contributed by atoms with Crippen molar-refractivity contribution in [1.29, 1.82) is 0 Å². The number of aromatic nitrogens is 3. The zero-order chi connectivity index (χ0) is 40.0. The molecule has 4 aliphatic rings. The highest BCUT2D eigenvalue weighted by atomic mass is 19.1. The molecule has 11 rings (SSSR count). The van der Waals surface area contributed by atoms with Gasteiger partial charge in [0.25, 0.3) is 5.56 Å². The third-order valence-electron chi connectivity index (χ3n) is 11.7. The number of para-hydroxylation sites is 4. The van der Waals surface area contributed by atoms with Crippen LogP contribution < -0.4 is 15.8 Å². The average Bonchev–Trinajstić information content (AvgIpc) is 3.98. The van der Waals surface area contributed by atoms with Gasteiger partial charge < -0.3 is 10.1 Å². The molecule has 58 heavy (non-hydrogen) atoms. The minimum Gasteiger partial charge on any atom is -0.494 e. The molecular formula is C46H35FN6O5. The van der Waals surface area contributed by atoms with Crippen LogP contribution in [0.15, 0.2) is 131 Å². The number of amides is 2. The molecule has 0 bridgehead atoms. The van der Waals surface area contributed by atoms with Crippen molar-refractivity contribution >= 4 is 56.5 Å². The number of carbonyl (C=O) groups is 3. The number of fused-ring (bicyclic) bond motifs is 10. The summed E-state index contributed by atoms with van der Waals surface area (Å²) < 4.78 is 15.3. The van der Waals surface area contributed by atoms with Gasteiger partial charge in [-0.15, -0.1) is 0 Å². The first-order valence-corrected chi connectivity index (χ1v) is 19.1. The van der Waals surface area contributed by atoms with Crippen LogP contribution in [0.3, 0.4) is 0 Å². The normalized spacial score (nSPS) is 21.4. The van der Waals surface area contributed by atoms with Crippen molar-refractivity contribution in [3.05, 3.63) is 160 Å². The number of imide groups is 1. The van der Waals surface area contributed by atoms with E-state index in [-0.39, 0.29) is 41.0 Å². The van der Waals surface area contributed by atoms with Gasteiger partial charge in [-0.1, -0.05) is 74.5 Å². The number of H-pyrrole nitrogens is 1. The maximum absolute atomic E-state index is 14.3. The monoisotopic (exact) mass is 770 g/mol. The molecular weight excluding hydrogens is 736 g/mol. The van der Waals surface area contributed by atoms with Crippen LogP contribution in [0, 0.1) is 23.6 Å². The Bertz CT molecular complexity index is 2990. The number of nitrogens with zero attached hydrogens (tertiary/aromatic N) is 4. The highest BCUT2D eigenvalue weighted by molar-refractivity contribution is 6.56. The van der Waals surface area contributed by atoms with E-state index in [1.54, 1.807) is 34.9 Å². The molecule has 4 atom stereocenters. The lowest BCUT2D eigenvalue weighted by Gasteiger charge is -2.32. The molecule has 286 valence electrons. The third kappa shape index (κ3) is 5.01. The Morgan fingerprint density at radius 1 is 0.810 bits per heavy atom. The highest BCUT2D eigenvalue weighted by Gasteiger charge is 2.69. The molecule has 12 heteroatoms. The van der Waals surface area contributed by atoms with Crippen LogP contribution in [0.25, 0.3) is 27.5 Å². The molecule has 11 nitrogen and oxygen atoms in total. The number of hydrogen-bond acceptors (Lipinski definition) is 8. The Kier molecular flexibility index (Phi) is 7.93. The van der Waals surface area contributed by atoms with Crippen molar-refractivity contribution < 1.29 is 23.9 Å².